The number of nitrogens with one attached hydrogen (secondary N) is 1. The van der Waals surface area contributed by atoms with Crippen LogP contribution in [0, 0.1) is 0 Å². The molecule has 0 saturated carbocycles. The zero-order chi connectivity index (χ0) is 21.0. The molecule has 1 aliphatic heterocycles. The van der Waals surface area contributed by atoms with Crippen molar-refractivity contribution in [3.8, 4) is 5.75 Å². The second-order valence-corrected chi connectivity index (χ2v) is 7.91. The van der Waals surface area contributed by atoms with E-state index < -0.39 is 0 Å². The first-order valence-corrected chi connectivity index (χ1v) is 10.7. The van der Waals surface area contributed by atoms with Crippen molar-refractivity contribution >= 4 is 11.8 Å². The molecule has 8 heteroatoms. The monoisotopic (exact) mass is 418 g/mol. The number of hydrogen-bond acceptors (Lipinski definition) is 8. The van der Waals surface area contributed by atoms with E-state index in [4.69, 9.17) is 9.47 Å². The molecule has 0 spiro atoms. The second kappa shape index (κ2) is 8.95. The Kier molecular flexibility index (Phi) is 5.73. The number of hydrogen-bond donors (Lipinski definition) is 1. The standard InChI is InChI=1S/C23H26N6O2/c1-30-20-11-17-5-2-4-16(17)10-18(20)14-29-8-9-31-21(15-29)19-12-24-13-22(27-19)28-23-25-6-3-7-26-23/h3,6-7,10-13,21H,2,4-5,8-9,14-15H2,1H3,(H,25,26,27,28). The van der Waals surface area contributed by atoms with E-state index in [0.29, 0.717) is 18.4 Å². The average molecular weight is 419 g/mol. The van der Waals surface area contributed by atoms with Crippen molar-refractivity contribution in [3.63, 3.8) is 0 Å². The Hall–Kier alpha value is -3.10. The SMILES string of the molecule is COc1cc2c(cc1CN1CCOC(c3cncc(Nc4ncccn4)n3)C1)CCC2. The Balaban J connectivity index is 1.29. The summed E-state index contributed by atoms with van der Waals surface area (Å²) in [7, 11) is 1.76. The van der Waals surface area contributed by atoms with E-state index in [2.05, 4.69) is 42.3 Å². The van der Waals surface area contributed by atoms with E-state index in [1.807, 2.05) is 0 Å². The smallest absolute Gasteiger partial charge is 0.228 e. The van der Waals surface area contributed by atoms with Crippen LogP contribution in [0.2, 0.25) is 0 Å². The van der Waals surface area contributed by atoms with Crippen LogP contribution in [0.4, 0.5) is 11.8 Å². The molecule has 8 nitrogen and oxygen atoms in total. The highest BCUT2D eigenvalue weighted by Gasteiger charge is 2.25. The van der Waals surface area contributed by atoms with E-state index in [9.17, 15) is 0 Å². The highest BCUT2D eigenvalue weighted by molar-refractivity contribution is 5.46. The molecule has 3 heterocycles. The van der Waals surface area contributed by atoms with Gasteiger partial charge < -0.3 is 14.8 Å². The van der Waals surface area contributed by atoms with Gasteiger partial charge in [0.15, 0.2) is 5.82 Å². The lowest BCUT2D eigenvalue weighted by atomic mass is 10.0. The highest BCUT2D eigenvalue weighted by atomic mass is 16.5. The van der Waals surface area contributed by atoms with Crippen molar-refractivity contribution in [2.45, 2.75) is 31.9 Å². The predicted octanol–water partition coefficient (Wildman–Crippen LogP) is 3.08. The number of aryl methyl sites for hydroxylation is 2. The number of aromatic nitrogens is 4. The lowest BCUT2D eigenvalue weighted by Gasteiger charge is -2.33. The minimum atomic E-state index is -0.139. The summed E-state index contributed by atoms with van der Waals surface area (Å²) in [6.07, 6.45) is 10.2. The fourth-order valence-corrected chi connectivity index (χ4v) is 4.31. The number of fused-ring (bicyclic) bond motifs is 1. The number of nitrogens with zero attached hydrogens (tertiary/aromatic N) is 5. The first-order valence-electron chi connectivity index (χ1n) is 10.7. The van der Waals surface area contributed by atoms with Crippen molar-refractivity contribution in [1.29, 1.82) is 0 Å². The fourth-order valence-electron chi connectivity index (χ4n) is 4.31. The maximum Gasteiger partial charge on any atom is 0.228 e. The van der Waals surface area contributed by atoms with Crippen molar-refractivity contribution in [2.75, 3.05) is 32.1 Å². The molecule has 3 aromatic rings. The quantitative estimate of drug-likeness (QED) is 0.654. The summed E-state index contributed by atoms with van der Waals surface area (Å²) >= 11 is 0. The molecule has 5 rings (SSSR count). The number of morpholine rings is 1. The number of benzene rings is 1. The van der Waals surface area contributed by atoms with Gasteiger partial charge >= 0.3 is 0 Å². The van der Waals surface area contributed by atoms with E-state index in [1.54, 1.807) is 38.0 Å². The minimum absolute atomic E-state index is 0.139. The molecule has 31 heavy (non-hydrogen) atoms. The molecule has 1 atom stereocenters. The molecule has 0 radical (unpaired) electrons. The Morgan fingerprint density at radius 3 is 2.84 bits per heavy atom. The van der Waals surface area contributed by atoms with E-state index in [1.165, 1.54) is 29.5 Å². The molecule has 0 bridgehead atoms. The third-order valence-electron chi connectivity index (χ3n) is 5.83. The van der Waals surface area contributed by atoms with Gasteiger partial charge in [-0.05, 0) is 42.5 Å². The summed E-state index contributed by atoms with van der Waals surface area (Å²) in [6.45, 7) is 3.11. The van der Waals surface area contributed by atoms with Gasteiger partial charge in [-0.1, -0.05) is 6.07 Å². The van der Waals surface area contributed by atoms with Crippen molar-refractivity contribution < 1.29 is 9.47 Å². The van der Waals surface area contributed by atoms with Gasteiger partial charge in [0.25, 0.3) is 0 Å². The third-order valence-corrected chi connectivity index (χ3v) is 5.83. The average Bonchev–Trinajstić information content (AvgIpc) is 3.27. The van der Waals surface area contributed by atoms with Crippen LogP contribution in [0.15, 0.2) is 43.0 Å². The van der Waals surface area contributed by atoms with Gasteiger partial charge in [-0.25, -0.2) is 15.0 Å². The van der Waals surface area contributed by atoms with Crippen molar-refractivity contribution in [2.24, 2.45) is 0 Å². The normalized spacial score (nSPS) is 18.5. The zero-order valence-corrected chi connectivity index (χ0v) is 17.6. The van der Waals surface area contributed by atoms with Gasteiger partial charge in [0.2, 0.25) is 5.95 Å². The maximum absolute atomic E-state index is 6.03. The molecule has 1 aliphatic carbocycles. The maximum atomic E-state index is 6.03. The van der Waals surface area contributed by atoms with Gasteiger partial charge in [0.1, 0.15) is 11.9 Å². The Morgan fingerprint density at radius 2 is 2.00 bits per heavy atom. The van der Waals surface area contributed by atoms with Gasteiger partial charge in [-0.3, -0.25) is 9.88 Å². The zero-order valence-electron chi connectivity index (χ0n) is 17.6. The summed E-state index contributed by atoms with van der Waals surface area (Å²) in [5.41, 5.74) is 4.94. The van der Waals surface area contributed by atoms with Crippen molar-refractivity contribution in [3.05, 3.63) is 65.4 Å². The number of rotatable bonds is 6. The number of methoxy groups -OCH3 is 1. The number of anilines is 2. The third kappa shape index (κ3) is 4.50. The molecule has 0 amide bonds. The van der Waals surface area contributed by atoms with Crippen LogP contribution in [0.1, 0.15) is 34.9 Å². The van der Waals surface area contributed by atoms with Gasteiger partial charge in [-0.15, -0.1) is 0 Å². The van der Waals surface area contributed by atoms with Crippen molar-refractivity contribution in [1.82, 2.24) is 24.8 Å². The summed E-state index contributed by atoms with van der Waals surface area (Å²) in [4.78, 5) is 19.8. The van der Waals surface area contributed by atoms with Crippen LogP contribution in [-0.4, -0.2) is 51.6 Å². The Labute approximate surface area is 181 Å². The summed E-state index contributed by atoms with van der Waals surface area (Å²) < 4.78 is 11.7. The molecule has 1 saturated heterocycles. The van der Waals surface area contributed by atoms with Gasteiger partial charge in [-0.2, -0.15) is 0 Å². The molecular weight excluding hydrogens is 392 g/mol. The Morgan fingerprint density at radius 1 is 1.16 bits per heavy atom. The highest BCUT2D eigenvalue weighted by Crippen LogP contribution is 2.31. The van der Waals surface area contributed by atoms with E-state index in [-0.39, 0.29) is 6.10 Å². The van der Waals surface area contributed by atoms with E-state index >= 15 is 0 Å². The first-order chi connectivity index (χ1) is 15.3. The molecule has 1 fully saturated rings. The summed E-state index contributed by atoms with van der Waals surface area (Å²) in [5, 5.41) is 3.09. The molecule has 2 aliphatic rings. The Bertz CT molecular complexity index is 1050. The first kappa shape index (κ1) is 19.8. The lowest BCUT2D eigenvalue weighted by molar-refractivity contribution is -0.0352. The van der Waals surface area contributed by atoms with E-state index in [0.717, 1.165) is 37.5 Å². The fraction of sp³-hybridized carbons (Fsp3) is 0.391. The number of ether oxygens (including phenoxy) is 2. The predicted molar refractivity (Wildman–Crippen MR) is 116 cm³/mol. The van der Waals surface area contributed by atoms with Crippen LogP contribution >= 0.6 is 0 Å². The van der Waals surface area contributed by atoms with Gasteiger partial charge in [0.05, 0.1) is 31.8 Å². The van der Waals surface area contributed by atoms with Crippen LogP contribution in [0.5, 0.6) is 5.75 Å². The molecular formula is C23H26N6O2. The molecule has 2 aromatic heterocycles. The van der Waals surface area contributed by atoms with Crippen LogP contribution in [-0.2, 0) is 24.1 Å². The second-order valence-electron chi connectivity index (χ2n) is 7.91. The molecule has 1 aromatic carbocycles. The summed E-state index contributed by atoms with van der Waals surface area (Å²) in [6, 6.07) is 6.32. The molecule has 1 N–H and O–H groups in total. The molecule has 1 unspecified atom stereocenters. The van der Waals surface area contributed by atoms with Crippen LogP contribution < -0.4 is 10.1 Å². The minimum Gasteiger partial charge on any atom is -0.496 e. The topological polar surface area (TPSA) is 85.3 Å². The lowest BCUT2D eigenvalue weighted by Crippen LogP contribution is -2.38. The van der Waals surface area contributed by atoms with Crippen LogP contribution in [0.25, 0.3) is 0 Å². The molecule has 160 valence electrons. The van der Waals surface area contributed by atoms with Crippen LogP contribution in [0.3, 0.4) is 0 Å². The summed E-state index contributed by atoms with van der Waals surface area (Å²) in [5.74, 6) is 2.08. The van der Waals surface area contributed by atoms with Gasteiger partial charge in [0, 0.05) is 37.6 Å². The largest absolute Gasteiger partial charge is 0.496 e.